The van der Waals surface area contributed by atoms with E-state index in [4.69, 9.17) is 0 Å². The van der Waals surface area contributed by atoms with Crippen LogP contribution < -0.4 is 5.32 Å². The monoisotopic (exact) mass is 362 g/mol. The van der Waals surface area contributed by atoms with E-state index in [1.807, 2.05) is 24.3 Å². The maximum Gasteiger partial charge on any atom is 0.253 e. The minimum Gasteiger partial charge on any atom is -0.507 e. The average Bonchev–Trinajstić information content (AvgIpc) is 2.61. The molecule has 4 heteroatoms. The second-order valence-corrected chi connectivity index (χ2v) is 7.84. The number of nitrogens with one attached hydrogen (secondary N) is 1. The number of hydrogen-bond donors (Lipinski definition) is 2. The molecule has 0 aliphatic carbocycles. The Hall–Kier alpha value is -2.88. The highest BCUT2D eigenvalue weighted by Crippen LogP contribution is 2.25. The van der Waals surface area contributed by atoms with Crippen LogP contribution in [0, 0.1) is 5.92 Å². The topological polar surface area (TPSA) is 62.2 Å². The van der Waals surface area contributed by atoms with Gasteiger partial charge >= 0.3 is 0 Å². The van der Waals surface area contributed by atoms with Crippen LogP contribution in [-0.2, 0) is 6.42 Å². The zero-order chi connectivity index (χ0) is 19.4. The lowest BCUT2D eigenvalue weighted by Crippen LogP contribution is -2.48. The summed E-state index contributed by atoms with van der Waals surface area (Å²) in [5.74, 6) is 0.397. The number of benzene rings is 2. The van der Waals surface area contributed by atoms with Gasteiger partial charge in [-0.05, 0) is 49.4 Å². The number of aromatic hydroxyl groups is 1. The van der Waals surface area contributed by atoms with Crippen molar-refractivity contribution < 1.29 is 9.90 Å². The summed E-state index contributed by atoms with van der Waals surface area (Å²) in [4.78, 5) is 17.3. The number of phenolic OH excluding ortho intramolecular Hbond substituents is 1. The lowest BCUT2D eigenvalue weighted by atomic mass is 9.84. The van der Waals surface area contributed by atoms with Gasteiger partial charge in [0.05, 0.1) is 11.1 Å². The number of rotatable bonds is 6. The van der Waals surface area contributed by atoms with Crippen LogP contribution in [-0.4, -0.2) is 21.5 Å². The molecule has 1 aromatic heterocycles. The van der Waals surface area contributed by atoms with Gasteiger partial charge in [0.2, 0.25) is 0 Å². The summed E-state index contributed by atoms with van der Waals surface area (Å²) in [5.41, 5.74) is 1.93. The van der Waals surface area contributed by atoms with Crippen molar-refractivity contribution in [2.45, 2.75) is 39.2 Å². The van der Waals surface area contributed by atoms with Gasteiger partial charge in [0, 0.05) is 17.1 Å². The molecule has 3 aromatic rings. The van der Waals surface area contributed by atoms with Gasteiger partial charge in [-0.2, -0.15) is 0 Å². The molecule has 140 valence electrons. The molecular weight excluding hydrogens is 336 g/mol. The Kier molecular flexibility index (Phi) is 5.45. The standard InChI is InChI=1S/C23H26N2O2/c1-16(2)13-23(3,14-17-8-5-4-6-9-17)25-22(27)18-12-19-20(24-15-18)10-7-11-21(19)26/h4-12,15-16,26H,13-14H2,1-3H3,(H,25,27). The van der Waals surface area contributed by atoms with Crippen LogP contribution in [0.1, 0.15) is 43.1 Å². The van der Waals surface area contributed by atoms with Crippen molar-refractivity contribution >= 4 is 16.8 Å². The van der Waals surface area contributed by atoms with Crippen molar-refractivity contribution in [1.82, 2.24) is 10.3 Å². The van der Waals surface area contributed by atoms with Gasteiger partial charge in [-0.15, -0.1) is 0 Å². The van der Waals surface area contributed by atoms with Gasteiger partial charge in [0.15, 0.2) is 0 Å². The minimum atomic E-state index is -0.375. The van der Waals surface area contributed by atoms with E-state index in [2.05, 4.69) is 43.2 Å². The molecule has 1 atom stereocenters. The number of pyridine rings is 1. The number of fused-ring (bicyclic) bond motifs is 1. The molecule has 1 heterocycles. The summed E-state index contributed by atoms with van der Waals surface area (Å²) >= 11 is 0. The maximum absolute atomic E-state index is 13.0. The van der Waals surface area contributed by atoms with Crippen molar-refractivity contribution in [2.24, 2.45) is 5.92 Å². The van der Waals surface area contributed by atoms with Gasteiger partial charge in [-0.3, -0.25) is 9.78 Å². The van der Waals surface area contributed by atoms with E-state index in [9.17, 15) is 9.90 Å². The van der Waals surface area contributed by atoms with Crippen molar-refractivity contribution in [3.8, 4) is 5.75 Å². The molecule has 0 aliphatic heterocycles. The number of carbonyl (C=O) groups excluding carboxylic acids is 1. The SMILES string of the molecule is CC(C)CC(C)(Cc1ccccc1)NC(=O)c1cnc2cccc(O)c2c1. The number of nitrogens with zero attached hydrogens (tertiary/aromatic N) is 1. The predicted molar refractivity (Wildman–Crippen MR) is 109 cm³/mol. The van der Waals surface area contributed by atoms with Crippen LogP contribution in [0.3, 0.4) is 0 Å². The van der Waals surface area contributed by atoms with E-state index in [1.165, 1.54) is 5.56 Å². The Bertz CT molecular complexity index is 938. The highest BCUT2D eigenvalue weighted by molar-refractivity contribution is 5.98. The van der Waals surface area contributed by atoms with E-state index in [-0.39, 0.29) is 17.2 Å². The van der Waals surface area contributed by atoms with Crippen LogP contribution >= 0.6 is 0 Å². The van der Waals surface area contributed by atoms with Crippen molar-refractivity contribution in [2.75, 3.05) is 0 Å². The van der Waals surface area contributed by atoms with Crippen molar-refractivity contribution in [3.05, 3.63) is 71.9 Å². The molecule has 0 fully saturated rings. The van der Waals surface area contributed by atoms with E-state index in [0.29, 0.717) is 22.4 Å². The molecule has 4 nitrogen and oxygen atoms in total. The Morgan fingerprint density at radius 3 is 2.59 bits per heavy atom. The van der Waals surface area contributed by atoms with E-state index in [0.717, 1.165) is 12.8 Å². The van der Waals surface area contributed by atoms with Crippen molar-refractivity contribution in [3.63, 3.8) is 0 Å². The highest BCUT2D eigenvalue weighted by Gasteiger charge is 2.28. The van der Waals surface area contributed by atoms with Gasteiger partial charge in [0.25, 0.3) is 5.91 Å². The predicted octanol–water partition coefficient (Wildman–Crippen LogP) is 4.72. The summed E-state index contributed by atoms with van der Waals surface area (Å²) in [7, 11) is 0. The lowest BCUT2D eigenvalue weighted by Gasteiger charge is -2.33. The van der Waals surface area contributed by atoms with E-state index >= 15 is 0 Å². The second kappa shape index (κ2) is 7.78. The quantitative estimate of drug-likeness (QED) is 0.667. The van der Waals surface area contributed by atoms with Crippen molar-refractivity contribution in [1.29, 1.82) is 0 Å². The summed E-state index contributed by atoms with van der Waals surface area (Å²) in [6, 6.07) is 17.1. The molecule has 0 spiro atoms. The fourth-order valence-corrected chi connectivity index (χ4v) is 3.72. The number of amides is 1. The molecule has 2 N–H and O–H groups in total. The Labute approximate surface area is 160 Å². The minimum absolute atomic E-state index is 0.129. The van der Waals surface area contributed by atoms with Crippen LogP contribution in [0.25, 0.3) is 10.9 Å². The second-order valence-electron chi connectivity index (χ2n) is 7.84. The molecule has 0 aliphatic rings. The first kappa shape index (κ1) is 18.9. The lowest BCUT2D eigenvalue weighted by molar-refractivity contribution is 0.0894. The van der Waals surface area contributed by atoms with Crippen LogP contribution in [0.2, 0.25) is 0 Å². The third-order valence-electron chi connectivity index (χ3n) is 4.68. The molecule has 0 radical (unpaired) electrons. The molecule has 2 aromatic carbocycles. The molecule has 0 saturated heterocycles. The van der Waals surface area contributed by atoms with Gasteiger partial charge < -0.3 is 10.4 Å². The smallest absolute Gasteiger partial charge is 0.253 e. The molecule has 27 heavy (non-hydrogen) atoms. The number of aromatic nitrogens is 1. The summed E-state index contributed by atoms with van der Waals surface area (Å²) in [6.45, 7) is 6.40. The number of hydrogen-bond acceptors (Lipinski definition) is 3. The first-order valence-corrected chi connectivity index (χ1v) is 9.30. The van der Waals surface area contributed by atoms with Crippen LogP contribution in [0.15, 0.2) is 60.8 Å². The first-order chi connectivity index (χ1) is 12.9. The summed E-state index contributed by atoms with van der Waals surface area (Å²) in [5, 5.41) is 13.8. The molecule has 0 saturated carbocycles. The fraction of sp³-hybridized carbons (Fsp3) is 0.304. The van der Waals surface area contributed by atoms with E-state index in [1.54, 1.807) is 24.4 Å². The summed E-state index contributed by atoms with van der Waals surface area (Å²) in [6.07, 6.45) is 3.18. The third kappa shape index (κ3) is 4.64. The van der Waals surface area contributed by atoms with Gasteiger partial charge in [-0.25, -0.2) is 0 Å². The molecule has 3 rings (SSSR count). The largest absolute Gasteiger partial charge is 0.507 e. The van der Waals surface area contributed by atoms with E-state index < -0.39 is 0 Å². The molecular formula is C23H26N2O2. The molecule has 1 amide bonds. The molecule has 0 bridgehead atoms. The van der Waals surface area contributed by atoms with Gasteiger partial charge in [-0.1, -0.05) is 50.2 Å². The normalized spacial score (nSPS) is 13.5. The highest BCUT2D eigenvalue weighted by atomic mass is 16.3. The molecule has 1 unspecified atom stereocenters. The zero-order valence-corrected chi connectivity index (χ0v) is 16.1. The van der Waals surface area contributed by atoms with Crippen LogP contribution in [0.5, 0.6) is 5.75 Å². The zero-order valence-electron chi connectivity index (χ0n) is 16.1. The Morgan fingerprint density at radius 1 is 1.15 bits per heavy atom. The number of phenols is 1. The first-order valence-electron chi connectivity index (χ1n) is 9.30. The average molecular weight is 362 g/mol. The van der Waals surface area contributed by atoms with Gasteiger partial charge in [0.1, 0.15) is 5.75 Å². The Morgan fingerprint density at radius 2 is 1.89 bits per heavy atom. The maximum atomic E-state index is 13.0. The van der Waals surface area contributed by atoms with Crippen LogP contribution in [0.4, 0.5) is 0 Å². The Balaban J connectivity index is 1.86. The fourth-order valence-electron chi connectivity index (χ4n) is 3.72. The number of carbonyl (C=O) groups is 1. The summed E-state index contributed by atoms with van der Waals surface area (Å²) < 4.78 is 0. The third-order valence-corrected chi connectivity index (χ3v) is 4.68.